The van der Waals surface area contributed by atoms with E-state index < -0.39 is 0 Å². The quantitative estimate of drug-likeness (QED) is 0.744. The summed E-state index contributed by atoms with van der Waals surface area (Å²) in [4.78, 5) is 14.1. The average molecular weight is 210 g/mol. The van der Waals surface area contributed by atoms with Gasteiger partial charge in [0.15, 0.2) is 0 Å². The van der Waals surface area contributed by atoms with Crippen LogP contribution in [0.2, 0.25) is 0 Å². The van der Waals surface area contributed by atoms with Gasteiger partial charge in [0, 0.05) is 25.0 Å². The normalized spacial score (nSPS) is 27.9. The second kappa shape index (κ2) is 4.52. The van der Waals surface area contributed by atoms with Gasteiger partial charge in [-0.3, -0.25) is 4.79 Å². The van der Waals surface area contributed by atoms with E-state index in [4.69, 9.17) is 0 Å². The van der Waals surface area contributed by atoms with Crippen LogP contribution >= 0.6 is 0 Å². The molecule has 2 aliphatic rings. The second-order valence-electron chi connectivity index (χ2n) is 5.22. The minimum absolute atomic E-state index is 0.371. The van der Waals surface area contributed by atoms with Gasteiger partial charge in [-0.25, -0.2) is 0 Å². The van der Waals surface area contributed by atoms with Gasteiger partial charge >= 0.3 is 0 Å². The fourth-order valence-electron chi connectivity index (χ4n) is 2.19. The lowest BCUT2D eigenvalue weighted by atomic mass is 10.0. The second-order valence-corrected chi connectivity index (χ2v) is 5.22. The molecule has 1 amide bonds. The summed E-state index contributed by atoms with van der Waals surface area (Å²) in [6.07, 6.45) is 3.34. The summed E-state index contributed by atoms with van der Waals surface area (Å²) in [6, 6.07) is 0.482. The molecule has 2 rings (SSSR count). The van der Waals surface area contributed by atoms with E-state index in [2.05, 4.69) is 24.1 Å². The maximum absolute atomic E-state index is 12.0. The van der Waals surface area contributed by atoms with Gasteiger partial charge in [0.2, 0.25) is 5.91 Å². The van der Waals surface area contributed by atoms with Gasteiger partial charge in [0.1, 0.15) is 0 Å². The Hall–Kier alpha value is -0.570. The van der Waals surface area contributed by atoms with Crippen LogP contribution < -0.4 is 5.32 Å². The van der Waals surface area contributed by atoms with Gasteiger partial charge in [-0.2, -0.15) is 0 Å². The highest BCUT2D eigenvalue weighted by atomic mass is 16.2. The molecule has 1 unspecified atom stereocenters. The van der Waals surface area contributed by atoms with Crippen molar-refractivity contribution >= 4 is 5.91 Å². The van der Waals surface area contributed by atoms with Crippen LogP contribution in [0.5, 0.6) is 0 Å². The Morgan fingerprint density at radius 1 is 1.40 bits per heavy atom. The minimum atomic E-state index is 0.371. The van der Waals surface area contributed by atoms with Gasteiger partial charge in [-0.05, 0) is 31.7 Å². The molecule has 0 radical (unpaired) electrons. The summed E-state index contributed by atoms with van der Waals surface area (Å²) >= 11 is 0. The maximum atomic E-state index is 12.0. The van der Waals surface area contributed by atoms with Gasteiger partial charge in [-0.1, -0.05) is 13.8 Å². The Bertz CT molecular complexity index is 236. The van der Waals surface area contributed by atoms with Crippen LogP contribution in [0.1, 0.15) is 33.1 Å². The first-order chi connectivity index (χ1) is 7.18. The summed E-state index contributed by atoms with van der Waals surface area (Å²) in [5, 5.41) is 3.53. The molecule has 0 aromatic rings. The number of hydrogen-bond donors (Lipinski definition) is 1. The van der Waals surface area contributed by atoms with Crippen molar-refractivity contribution in [3.8, 4) is 0 Å². The highest BCUT2D eigenvalue weighted by Crippen LogP contribution is 2.31. The van der Waals surface area contributed by atoms with Crippen molar-refractivity contribution in [2.75, 3.05) is 19.6 Å². The lowest BCUT2D eigenvalue weighted by molar-refractivity contribution is -0.132. The number of amides is 1. The fraction of sp³-hybridized carbons (Fsp3) is 0.917. The maximum Gasteiger partial charge on any atom is 0.225 e. The van der Waals surface area contributed by atoms with Crippen molar-refractivity contribution in [3.63, 3.8) is 0 Å². The van der Waals surface area contributed by atoms with Crippen molar-refractivity contribution in [3.05, 3.63) is 0 Å². The molecule has 1 atom stereocenters. The van der Waals surface area contributed by atoms with Crippen LogP contribution in [-0.4, -0.2) is 36.5 Å². The van der Waals surface area contributed by atoms with Crippen molar-refractivity contribution in [2.45, 2.75) is 39.2 Å². The SMILES string of the molecule is CC(C)C1CN(C(=O)C2CC2)CCCN1. The van der Waals surface area contributed by atoms with E-state index in [-0.39, 0.29) is 0 Å². The van der Waals surface area contributed by atoms with Crippen LogP contribution in [0.3, 0.4) is 0 Å². The molecule has 15 heavy (non-hydrogen) atoms. The largest absolute Gasteiger partial charge is 0.341 e. The molecule has 3 nitrogen and oxygen atoms in total. The lowest BCUT2D eigenvalue weighted by Crippen LogP contribution is -2.43. The van der Waals surface area contributed by atoms with E-state index >= 15 is 0 Å². The lowest BCUT2D eigenvalue weighted by Gasteiger charge is -2.26. The minimum Gasteiger partial charge on any atom is -0.341 e. The molecular weight excluding hydrogens is 188 g/mol. The van der Waals surface area contributed by atoms with E-state index in [1.807, 2.05) is 0 Å². The number of hydrogen-bond acceptors (Lipinski definition) is 2. The Morgan fingerprint density at radius 2 is 2.13 bits per heavy atom. The molecule has 1 aliphatic carbocycles. The van der Waals surface area contributed by atoms with Gasteiger partial charge < -0.3 is 10.2 Å². The van der Waals surface area contributed by atoms with Gasteiger partial charge in [0.25, 0.3) is 0 Å². The van der Waals surface area contributed by atoms with Crippen LogP contribution in [0.25, 0.3) is 0 Å². The summed E-state index contributed by atoms with van der Waals surface area (Å²) < 4.78 is 0. The Balaban J connectivity index is 1.94. The van der Waals surface area contributed by atoms with E-state index in [1.165, 1.54) is 0 Å². The number of rotatable bonds is 2. The molecule has 3 heteroatoms. The first kappa shape index (κ1) is 10.9. The molecule has 86 valence electrons. The third kappa shape index (κ3) is 2.71. The van der Waals surface area contributed by atoms with Crippen LogP contribution in [0, 0.1) is 11.8 Å². The molecule has 0 bridgehead atoms. The standard InChI is InChI=1S/C12H22N2O/c1-9(2)11-8-14(7-3-6-13-11)12(15)10-4-5-10/h9-11,13H,3-8H2,1-2H3. The van der Waals surface area contributed by atoms with E-state index in [0.717, 1.165) is 38.9 Å². The van der Waals surface area contributed by atoms with Crippen molar-refractivity contribution < 1.29 is 4.79 Å². The Labute approximate surface area is 92.2 Å². The summed E-state index contributed by atoms with van der Waals surface area (Å²) in [6.45, 7) is 7.36. The van der Waals surface area contributed by atoms with Crippen LogP contribution in [0.15, 0.2) is 0 Å². The third-order valence-electron chi connectivity index (χ3n) is 3.47. The molecule has 0 spiro atoms. The highest BCUT2D eigenvalue weighted by molar-refractivity contribution is 5.81. The summed E-state index contributed by atoms with van der Waals surface area (Å²) in [7, 11) is 0. The van der Waals surface area contributed by atoms with Crippen LogP contribution in [0.4, 0.5) is 0 Å². The van der Waals surface area contributed by atoms with Crippen LogP contribution in [-0.2, 0) is 4.79 Å². The topological polar surface area (TPSA) is 32.3 Å². The van der Waals surface area contributed by atoms with Gasteiger partial charge in [-0.15, -0.1) is 0 Å². The Morgan fingerprint density at radius 3 is 2.73 bits per heavy atom. The molecular formula is C12H22N2O. The molecule has 1 aliphatic heterocycles. The third-order valence-corrected chi connectivity index (χ3v) is 3.47. The molecule has 1 saturated carbocycles. The van der Waals surface area contributed by atoms with E-state index in [0.29, 0.717) is 23.8 Å². The number of carbonyl (C=O) groups excluding carboxylic acids is 1. The first-order valence-electron chi connectivity index (χ1n) is 6.20. The zero-order valence-electron chi connectivity index (χ0n) is 9.83. The predicted molar refractivity (Wildman–Crippen MR) is 60.5 cm³/mol. The smallest absolute Gasteiger partial charge is 0.225 e. The number of nitrogens with zero attached hydrogens (tertiary/aromatic N) is 1. The molecule has 1 heterocycles. The first-order valence-corrected chi connectivity index (χ1v) is 6.20. The number of nitrogens with one attached hydrogen (secondary N) is 1. The average Bonchev–Trinajstić information content (AvgIpc) is 3.04. The number of carbonyl (C=O) groups is 1. The van der Waals surface area contributed by atoms with Crippen molar-refractivity contribution in [2.24, 2.45) is 11.8 Å². The molecule has 2 fully saturated rings. The molecule has 0 aromatic carbocycles. The zero-order chi connectivity index (χ0) is 10.8. The zero-order valence-corrected chi connectivity index (χ0v) is 9.83. The van der Waals surface area contributed by atoms with Gasteiger partial charge in [0.05, 0.1) is 0 Å². The fourth-order valence-corrected chi connectivity index (χ4v) is 2.19. The molecule has 1 N–H and O–H groups in total. The van der Waals surface area contributed by atoms with Crippen molar-refractivity contribution in [1.29, 1.82) is 0 Å². The molecule has 1 saturated heterocycles. The molecule has 0 aromatic heterocycles. The highest BCUT2D eigenvalue weighted by Gasteiger charge is 2.34. The predicted octanol–water partition coefficient (Wildman–Crippen LogP) is 1.24. The van der Waals surface area contributed by atoms with E-state index in [9.17, 15) is 4.79 Å². The summed E-state index contributed by atoms with van der Waals surface area (Å²) in [5.41, 5.74) is 0. The monoisotopic (exact) mass is 210 g/mol. The van der Waals surface area contributed by atoms with E-state index in [1.54, 1.807) is 0 Å². The van der Waals surface area contributed by atoms with Crippen molar-refractivity contribution in [1.82, 2.24) is 10.2 Å². The Kier molecular flexibility index (Phi) is 3.29. The summed E-state index contributed by atoms with van der Waals surface area (Å²) in [5.74, 6) is 1.39.